The zero-order valence-electron chi connectivity index (χ0n) is 31.8. The second-order valence-corrected chi connectivity index (χ2v) is 16.8. The molecule has 7 heterocycles. The molecule has 2 aromatic carbocycles. The van der Waals surface area contributed by atoms with Gasteiger partial charge >= 0.3 is 18.2 Å². The fourth-order valence-electron chi connectivity index (χ4n) is 8.89. The highest BCUT2D eigenvalue weighted by Gasteiger charge is 2.49. The second-order valence-electron chi connectivity index (χ2n) is 16.8. The highest BCUT2D eigenvalue weighted by molar-refractivity contribution is 6.04. The molecule has 56 heavy (non-hydrogen) atoms. The van der Waals surface area contributed by atoms with E-state index < -0.39 is 52.8 Å². The third kappa shape index (κ3) is 7.35. The number of rotatable bonds is 4. The zero-order valence-corrected chi connectivity index (χ0v) is 31.8. The smallest absolute Gasteiger partial charge is 0.412 e. The fraction of sp³-hybridized carbons (Fsp3) is 0.525. The van der Waals surface area contributed by atoms with Crippen LogP contribution in [-0.4, -0.2) is 100 Å². The van der Waals surface area contributed by atoms with Crippen LogP contribution in [0.3, 0.4) is 0 Å². The lowest BCUT2D eigenvalue weighted by molar-refractivity contribution is 0.0635. The van der Waals surface area contributed by atoms with E-state index in [0.29, 0.717) is 23.7 Å². The van der Waals surface area contributed by atoms with Crippen LogP contribution >= 0.6 is 0 Å². The lowest BCUT2D eigenvalue weighted by Gasteiger charge is -2.42. The van der Waals surface area contributed by atoms with Gasteiger partial charge in [0.1, 0.15) is 47.4 Å². The monoisotopic (exact) mass is 779 g/mol. The molecule has 5 aliphatic heterocycles. The maximum atomic E-state index is 17.4. The molecule has 0 saturated carbocycles. The van der Waals surface area contributed by atoms with Crippen molar-refractivity contribution in [3.8, 4) is 17.3 Å². The van der Waals surface area contributed by atoms with E-state index in [0.717, 1.165) is 13.0 Å². The summed E-state index contributed by atoms with van der Waals surface area (Å²) < 4.78 is 80.8. The Morgan fingerprint density at radius 1 is 1.11 bits per heavy atom. The average Bonchev–Trinajstić information content (AvgIpc) is 3.63. The van der Waals surface area contributed by atoms with E-state index in [1.54, 1.807) is 38.7 Å². The van der Waals surface area contributed by atoms with Gasteiger partial charge in [-0.3, -0.25) is 15.2 Å². The number of piperidine rings is 1. The van der Waals surface area contributed by atoms with Crippen molar-refractivity contribution in [2.75, 3.05) is 49.6 Å². The van der Waals surface area contributed by atoms with Crippen LogP contribution in [-0.2, 0) is 15.9 Å². The van der Waals surface area contributed by atoms with Crippen molar-refractivity contribution in [3.05, 3.63) is 47.7 Å². The number of hydrogen-bond donors (Lipinski definition) is 2. The number of amides is 2. The number of benzene rings is 2. The lowest BCUT2D eigenvalue weighted by Crippen LogP contribution is -2.60. The van der Waals surface area contributed by atoms with Gasteiger partial charge in [0.05, 0.1) is 29.6 Å². The third-order valence-electron chi connectivity index (χ3n) is 11.1. The summed E-state index contributed by atoms with van der Waals surface area (Å²) in [5, 5.41) is 6.46. The van der Waals surface area contributed by atoms with E-state index in [1.165, 1.54) is 24.4 Å². The Morgan fingerprint density at radius 2 is 1.91 bits per heavy atom. The summed E-state index contributed by atoms with van der Waals surface area (Å²) in [5.41, 5.74) is -2.27. The number of alkyl carbamates (subject to hydrolysis) is 1. The first kappa shape index (κ1) is 37.9. The minimum Gasteiger partial charge on any atom is -0.461 e. The molecule has 2 aromatic heterocycles. The summed E-state index contributed by atoms with van der Waals surface area (Å²) in [7, 11) is 0. The quantitative estimate of drug-likeness (QED) is 0.202. The van der Waals surface area contributed by atoms with Crippen LogP contribution in [0.15, 0.2) is 30.5 Å². The molecule has 0 spiro atoms. The van der Waals surface area contributed by atoms with Gasteiger partial charge in [-0.05, 0) is 94.5 Å². The standard InChI is InChI=1S/C40H45F4N7O5/c1-38(2,3)56-36(52)46-25-13-22-8-9-29(43)26-7-5-12-54-37(53)49-39(4)15-23(41)18-50(20-39)34-28-17-45-32(27(14-25)30(22)26)31(44)33(28)47-35(48-34)55-21-40-10-6-11-51(40)19-24(42)16-40/h8-9,13-14,17,23-24H,5-7,10-12,15-16,18-21H2,1-4H3,(H,46,52)(H,49,53)/t23-,24-,39-,40+/m1/s1. The van der Waals surface area contributed by atoms with Crippen LogP contribution in [0.4, 0.5) is 38.7 Å². The predicted molar refractivity (Wildman–Crippen MR) is 202 cm³/mol. The summed E-state index contributed by atoms with van der Waals surface area (Å²) in [6.45, 7) is 7.80. The molecule has 2 amide bonds. The molecular weight excluding hydrogens is 734 g/mol. The number of carbonyl (C=O) groups is 2. The van der Waals surface area contributed by atoms with Gasteiger partial charge in [-0.25, -0.2) is 27.2 Å². The summed E-state index contributed by atoms with van der Waals surface area (Å²) in [5.74, 6) is -1.32. The molecule has 3 saturated heterocycles. The highest BCUT2D eigenvalue weighted by Crippen LogP contribution is 2.42. The van der Waals surface area contributed by atoms with E-state index in [1.807, 2.05) is 0 Å². The molecule has 0 unspecified atom stereocenters. The zero-order chi connectivity index (χ0) is 39.6. The van der Waals surface area contributed by atoms with Crippen molar-refractivity contribution in [3.63, 3.8) is 0 Å². The lowest BCUT2D eigenvalue weighted by atomic mass is 9.90. The Morgan fingerprint density at radius 3 is 2.71 bits per heavy atom. The second kappa shape index (κ2) is 14.2. The number of alkyl halides is 2. The van der Waals surface area contributed by atoms with Gasteiger partial charge < -0.3 is 24.4 Å². The Bertz CT molecular complexity index is 2220. The van der Waals surface area contributed by atoms with Gasteiger partial charge in [-0.2, -0.15) is 9.97 Å². The van der Waals surface area contributed by atoms with Crippen molar-refractivity contribution >= 4 is 45.4 Å². The number of anilines is 2. The molecule has 9 rings (SSSR count). The van der Waals surface area contributed by atoms with Gasteiger partial charge in [0.2, 0.25) is 0 Å². The van der Waals surface area contributed by atoms with Gasteiger partial charge in [-0.1, -0.05) is 6.07 Å². The van der Waals surface area contributed by atoms with Crippen LogP contribution in [0.2, 0.25) is 0 Å². The van der Waals surface area contributed by atoms with Crippen LogP contribution in [0.25, 0.3) is 32.9 Å². The minimum atomic E-state index is -1.42. The van der Waals surface area contributed by atoms with Crippen molar-refractivity contribution in [1.82, 2.24) is 25.2 Å². The first-order chi connectivity index (χ1) is 26.6. The van der Waals surface area contributed by atoms with E-state index in [-0.39, 0.29) is 97.2 Å². The topological polar surface area (TPSA) is 131 Å². The number of fused-ring (bicyclic) bond motifs is 7. The van der Waals surface area contributed by atoms with Crippen LogP contribution in [0.1, 0.15) is 65.4 Å². The summed E-state index contributed by atoms with van der Waals surface area (Å²) in [6.07, 6.45) is -0.404. The minimum absolute atomic E-state index is 0.0212. The third-order valence-corrected chi connectivity index (χ3v) is 11.1. The summed E-state index contributed by atoms with van der Waals surface area (Å²) >= 11 is 0. The molecule has 298 valence electrons. The molecule has 4 atom stereocenters. The molecule has 6 bridgehead atoms. The van der Waals surface area contributed by atoms with Crippen molar-refractivity contribution in [1.29, 1.82) is 0 Å². The summed E-state index contributed by atoms with van der Waals surface area (Å²) in [6, 6.07) is 5.73. The highest BCUT2D eigenvalue weighted by atomic mass is 19.1. The van der Waals surface area contributed by atoms with Crippen LogP contribution in [0, 0.1) is 11.6 Å². The number of nitrogens with zero attached hydrogens (tertiary/aromatic N) is 5. The number of pyridine rings is 1. The average molecular weight is 780 g/mol. The maximum absolute atomic E-state index is 17.4. The van der Waals surface area contributed by atoms with Crippen molar-refractivity contribution in [2.45, 2.75) is 95.2 Å². The Balaban J connectivity index is 1.32. The SMILES string of the molecule is CC(C)(C)OC(=O)Nc1cc2c3c(c(F)ccc3c1)CCCOC(=O)N[C@]1(C)C[C@@H](F)CN(C1)c1nc(OC[C@@]34CCCN3C[C@H](F)C4)nc3c(F)c-2ncc13. The van der Waals surface area contributed by atoms with E-state index >= 15 is 13.2 Å². The van der Waals surface area contributed by atoms with Crippen molar-refractivity contribution in [2.24, 2.45) is 0 Å². The number of hydrogen-bond acceptors (Lipinski definition) is 10. The van der Waals surface area contributed by atoms with E-state index in [2.05, 4.69) is 30.5 Å². The van der Waals surface area contributed by atoms with Gasteiger partial charge in [0, 0.05) is 43.4 Å². The summed E-state index contributed by atoms with van der Waals surface area (Å²) in [4.78, 5) is 43.5. The first-order valence-corrected chi connectivity index (χ1v) is 19.1. The molecule has 12 nitrogen and oxygen atoms in total. The molecule has 4 aromatic rings. The number of halogens is 4. The Labute approximate surface area is 321 Å². The van der Waals surface area contributed by atoms with Crippen LogP contribution in [0.5, 0.6) is 6.01 Å². The molecular formula is C40H45F4N7O5. The first-order valence-electron chi connectivity index (χ1n) is 19.1. The van der Waals surface area contributed by atoms with Gasteiger partial charge in [0.25, 0.3) is 0 Å². The van der Waals surface area contributed by atoms with E-state index in [4.69, 9.17) is 14.2 Å². The number of aromatic nitrogens is 3. The number of aryl methyl sites for hydroxylation is 1. The molecule has 2 N–H and O–H groups in total. The molecule has 0 aliphatic carbocycles. The number of ether oxygens (including phenoxy) is 3. The van der Waals surface area contributed by atoms with E-state index in [9.17, 15) is 14.0 Å². The number of carbonyl (C=O) groups excluding carboxylic acids is 2. The molecule has 16 heteroatoms. The predicted octanol–water partition coefficient (Wildman–Crippen LogP) is 7.40. The molecule has 0 radical (unpaired) electrons. The Hall–Kier alpha value is -4.99. The largest absolute Gasteiger partial charge is 0.461 e. The normalized spacial score (nSPS) is 25.6. The number of nitrogens with one attached hydrogen (secondary N) is 2. The van der Waals surface area contributed by atoms with Crippen molar-refractivity contribution < 1.29 is 41.4 Å². The van der Waals surface area contributed by atoms with Gasteiger partial charge in [0.15, 0.2) is 5.82 Å². The maximum Gasteiger partial charge on any atom is 0.412 e. The van der Waals surface area contributed by atoms with Gasteiger partial charge in [-0.15, -0.1) is 0 Å². The fourth-order valence-corrected chi connectivity index (χ4v) is 8.89. The van der Waals surface area contributed by atoms with Crippen LogP contribution < -0.4 is 20.3 Å². The Kier molecular flexibility index (Phi) is 9.61. The molecule has 3 fully saturated rings. The molecule has 5 aliphatic rings.